The Balaban J connectivity index is 3.19. The van der Waals surface area contributed by atoms with E-state index in [4.69, 9.17) is 11.5 Å². The van der Waals surface area contributed by atoms with E-state index in [2.05, 4.69) is 13.8 Å². The molecule has 0 radical (unpaired) electrons. The molecule has 0 spiro atoms. The first kappa shape index (κ1) is 13.9. The Bertz CT molecular complexity index is 101. The van der Waals surface area contributed by atoms with E-state index < -0.39 is 0 Å². The zero-order valence-corrected chi connectivity index (χ0v) is 9.97. The highest BCUT2D eigenvalue weighted by Crippen LogP contribution is 2.09. The molecular formula is C12H28N2. The quantitative estimate of drug-likeness (QED) is 0.562. The van der Waals surface area contributed by atoms with Gasteiger partial charge in [0.2, 0.25) is 0 Å². The van der Waals surface area contributed by atoms with Crippen LogP contribution in [-0.2, 0) is 0 Å². The number of hydrogen-bond donors (Lipinski definition) is 2. The Labute approximate surface area is 89.4 Å². The Hall–Kier alpha value is -0.0800. The van der Waals surface area contributed by atoms with Crippen LogP contribution in [0.5, 0.6) is 0 Å². The predicted octanol–water partition coefficient (Wildman–Crippen LogP) is 2.80. The summed E-state index contributed by atoms with van der Waals surface area (Å²) >= 11 is 0. The second-order valence-electron chi connectivity index (χ2n) is 4.38. The molecule has 86 valence electrons. The maximum Gasteiger partial charge on any atom is 0.00387 e. The highest BCUT2D eigenvalue weighted by atomic mass is 14.6. The van der Waals surface area contributed by atoms with Gasteiger partial charge in [0.1, 0.15) is 0 Å². The molecule has 2 heteroatoms. The molecule has 0 bridgehead atoms. The Kier molecular flexibility index (Phi) is 9.42. The third-order valence-electron chi connectivity index (χ3n) is 2.72. The van der Waals surface area contributed by atoms with Gasteiger partial charge in [-0.25, -0.2) is 0 Å². The molecule has 0 rings (SSSR count). The van der Waals surface area contributed by atoms with Crippen molar-refractivity contribution in [2.75, 3.05) is 0 Å². The van der Waals surface area contributed by atoms with Crippen LogP contribution in [0.2, 0.25) is 0 Å². The number of hydrogen-bond acceptors (Lipinski definition) is 2. The molecule has 4 N–H and O–H groups in total. The zero-order chi connectivity index (χ0) is 10.8. The van der Waals surface area contributed by atoms with Crippen LogP contribution in [0.3, 0.4) is 0 Å². The normalized spacial score (nSPS) is 15.4. The Morgan fingerprint density at radius 3 is 1.36 bits per heavy atom. The monoisotopic (exact) mass is 200 g/mol. The third-order valence-corrected chi connectivity index (χ3v) is 2.72. The van der Waals surface area contributed by atoms with Crippen molar-refractivity contribution in [3.8, 4) is 0 Å². The summed E-state index contributed by atoms with van der Waals surface area (Å²) in [6.45, 7) is 4.38. The van der Waals surface area contributed by atoms with Crippen molar-refractivity contribution in [3.63, 3.8) is 0 Å². The van der Waals surface area contributed by atoms with Gasteiger partial charge in [-0.3, -0.25) is 0 Å². The molecule has 2 nitrogen and oxygen atoms in total. The molecule has 0 aromatic carbocycles. The molecule has 0 amide bonds. The number of unbranched alkanes of at least 4 members (excludes halogenated alkanes) is 1. The van der Waals surface area contributed by atoms with Gasteiger partial charge < -0.3 is 11.5 Å². The molecule has 0 saturated heterocycles. The summed E-state index contributed by atoms with van der Waals surface area (Å²) in [6, 6.07) is 0.838. The van der Waals surface area contributed by atoms with E-state index in [0.717, 1.165) is 0 Å². The lowest BCUT2D eigenvalue weighted by Gasteiger charge is -2.12. The second kappa shape index (κ2) is 9.47. The lowest BCUT2D eigenvalue weighted by Crippen LogP contribution is -2.21. The van der Waals surface area contributed by atoms with Crippen molar-refractivity contribution in [1.29, 1.82) is 0 Å². The fourth-order valence-electron chi connectivity index (χ4n) is 1.84. The fraction of sp³-hybridized carbons (Fsp3) is 1.00. The van der Waals surface area contributed by atoms with Crippen molar-refractivity contribution >= 4 is 0 Å². The molecule has 0 aliphatic heterocycles. The van der Waals surface area contributed by atoms with Gasteiger partial charge >= 0.3 is 0 Å². The van der Waals surface area contributed by atoms with Crippen molar-refractivity contribution in [2.24, 2.45) is 11.5 Å². The summed E-state index contributed by atoms with van der Waals surface area (Å²) in [5.74, 6) is 0. The molecule has 0 aromatic rings. The minimum absolute atomic E-state index is 0.419. The smallest absolute Gasteiger partial charge is 0.00387 e. The highest BCUT2D eigenvalue weighted by Gasteiger charge is 2.03. The van der Waals surface area contributed by atoms with Gasteiger partial charge in [-0.1, -0.05) is 39.5 Å². The Morgan fingerprint density at radius 1 is 0.714 bits per heavy atom. The number of rotatable bonds is 9. The highest BCUT2D eigenvalue weighted by molar-refractivity contribution is 4.63. The van der Waals surface area contributed by atoms with Crippen molar-refractivity contribution in [3.05, 3.63) is 0 Å². The van der Waals surface area contributed by atoms with E-state index >= 15 is 0 Å². The molecule has 0 saturated carbocycles. The van der Waals surface area contributed by atoms with Gasteiger partial charge in [-0.2, -0.15) is 0 Å². The van der Waals surface area contributed by atoms with E-state index in [1.54, 1.807) is 0 Å². The lowest BCUT2D eigenvalue weighted by atomic mass is 10.0. The molecule has 2 atom stereocenters. The molecule has 0 fully saturated rings. The molecular weight excluding hydrogens is 172 g/mol. The summed E-state index contributed by atoms with van der Waals surface area (Å²) in [5, 5.41) is 0. The van der Waals surface area contributed by atoms with Crippen molar-refractivity contribution in [1.82, 2.24) is 0 Å². The maximum absolute atomic E-state index is 5.93. The van der Waals surface area contributed by atoms with Gasteiger partial charge in [0, 0.05) is 12.1 Å². The van der Waals surface area contributed by atoms with Crippen LogP contribution >= 0.6 is 0 Å². The average Bonchev–Trinajstić information content (AvgIpc) is 2.13. The second-order valence-corrected chi connectivity index (χ2v) is 4.38. The fourth-order valence-corrected chi connectivity index (χ4v) is 1.84. The van der Waals surface area contributed by atoms with Crippen molar-refractivity contribution in [2.45, 2.75) is 77.3 Å². The van der Waals surface area contributed by atoms with Gasteiger partial charge in [0.25, 0.3) is 0 Å². The first-order chi connectivity index (χ1) is 6.70. The van der Waals surface area contributed by atoms with Crippen LogP contribution in [0.4, 0.5) is 0 Å². The van der Waals surface area contributed by atoms with E-state index in [0.29, 0.717) is 12.1 Å². The van der Waals surface area contributed by atoms with Crippen LogP contribution in [0.15, 0.2) is 0 Å². The largest absolute Gasteiger partial charge is 0.328 e. The molecule has 0 heterocycles. The standard InChI is InChI=1S/C12H28N2/c1-3-7-11(13)9-5-6-10-12(14)8-4-2/h11-12H,3-10,13-14H2,1-2H3. The van der Waals surface area contributed by atoms with Crippen LogP contribution in [0.25, 0.3) is 0 Å². The lowest BCUT2D eigenvalue weighted by molar-refractivity contribution is 0.482. The molecule has 0 aliphatic carbocycles. The van der Waals surface area contributed by atoms with Gasteiger partial charge in [-0.15, -0.1) is 0 Å². The molecule has 14 heavy (non-hydrogen) atoms. The average molecular weight is 200 g/mol. The van der Waals surface area contributed by atoms with E-state index in [1.165, 1.54) is 51.4 Å². The molecule has 0 aromatic heterocycles. The summed E-state index contributed by atoms with van der Waals surface area (Å²) in [6.07, 6.45) is 9.59. The number of nitrogens with two attached hydrogens (primary N) is 2. The first-order valence-corrected chi connectivity index (χ1v) is 6.21. The van der Waals surface area contributed by atoms with Gasteiger partial charge in [0.15, 0.2) is 0 Å². The molecule has 0 aliphatic rings. The van der Waals surface area contributed by atoms with Crippen LogP contribution in [0, 0.1) is 0 Å². The zero-order valence-electron chi connectivity index (χ0n) is 9.97. The van der Waals surface area contributed by atoms with E-state index in [-0.39, 0.29) is 0 Å². The topological polar surface area (TPSA) is 52.0 Å². The summed E-state index contributed by atoms with van der Waals surface area (Å²) in [7, 11) is 0. The minimum atomic E-state index is 0.419. The Morgan fingerprint density at radius 2 is 1.07 bits per heavy atom. The minimum Gasteiger partial charge on any atom is -0.328 e. The summed E-state index contributed by atoms with van der Waals surface area (Å²) in [4.78, 5) is 0. The maximum atomic E-state index is 5.93. The van der Waals surface area contributed by atoms with E-state index in [9.17, 15) is 0 Å². The van der Waals surface area contributed by atoms with Crippen molar-refractivity contribution < 1.29 is 0 Å². The van der Waals surface area contributed by atoms with Crippen LogP contribution < -0.4 is 11.5 Å². The first-order valence-electron chi connectivity index (χ1n) is 6.21. The molecule has 2 unspecified atom stereocenters. The van der Waals surface area contributed by atoms with Crippen LogP contribution in [0.1, 0.15) is 65.2 Å². The SMILES string of the molecule is CCCC(N)CCCCC(N)CCC. The predicted molar refractivity (Wildman–Crippen MR) is 64.2 cm³/mol. The van der Waals surface area contributed by atoms with Gasteiger partial charge in [0.05, 0.1) is 0 Å². The van der Waals surface area contributed by atoms with E-state index in [1.807, 2.05) is 0 Å². The third kappa shape index (κ3) is 8.52. The summed E-state index contributed by atoms with van der Waals surface area (Å²) < 4.78 is 0. The van der Waals surface area contributed by atoms with Crippen LogP contribution in [-0.4, -0.2) is 12.1 Å². The summed E-state index contributed by atoms with van der Waals surface area (Å²) in [5.41, 5.74) is 11.9. The van der Waals surface area contributed by atoms with Gasteiger partial charge in [-0.05, 0) is 25.7 Å².